The third-order valence-electron chi connectivity index (χ3n) is 5.16. The summed E-state index contributed by atoms with van der Waals surface area (Å²) in [5.74, 6) is -0.136. The van der Waals surface area contributed by atoms with E-state index in [-0.39, 0.29) is 5.70 Å². The van der Waals surface area contributed by atoms with Crippen LogP contribution in [0.25, 0.3) is 17.0 Å². The van der Waals surface area contributed by atoms with E-state index in [1.54, 1.807) is 17.8 Å². The molecular weight excluding hydrogens is 416 g/mol. The number of cyclic esters (lactones) is 1. The highest BCUT2D eigenvalue weighted by Gasteiger charge is 2.24. The number of pyridine rings is 1. The van der Waals surface area contributed by atoms with Crippen molar-refractivity contribution >= 4 is 40.6 Å². The third-order valence-corrected chi connectivity index (χ3v) is 6.19. The molecule has 0 fully saturated rings. The maximum Gasteiger partial charge on any atom is 0.363 e. The van der Waals surface area contributed by atoms with Crippen molar-refractivity contribution in [1.82, 2.24) is 4.98 Å². The second kappa shape index (κ2) is 8.44. The smallest absolute Gasteiger partial charge is 0.363 e. The molecule has 5 heteroatoms. The van der Waals surface area contributed by atoms with Crippen molar-refractivity contribution in [2.24, 2.45) is 4.99 Å². The zero-order valence-electron chi connectivity index (χ0n) is 17.7. The van der Waals surface area contributed by atoms with Crippen molar-refractivity contribution in [2.45, 2.75) is 23.8 Å². The fraction of sp³-hybridized carbons (Fsp3) is 0.0741. The van der Waals surface area contributed by atoms with Crippen LogP contribution >= 0.6 is 11.8 Å². The lowest BCUT2D eigenvalue weighted by Gasteiger charge is -2.08. The van der Waals surface area contributed by atoms with Gasteiger partial charge in [0.05, 0.1) is 5.52 Å². The second-order valence-electron chi connectivity index (χ2n) is 7.69. The largest absolute Gasteiger partial charge is 0.402 e. The Labute approximate surface area is 190 Å². The number of nitrogens with zero attached hydrogens (tertiary/aromatic N) is 2. The Kier molecular flexibility index (Phi) is 5.33. The van der Waals surface area contributed by atoms with E-state index in [4.69, 9.17) is 9.72 Å². The van der Waals surface area contributed by atoms with Crippen molar-refractivity contribution in [3.63, 3.8) is 0 Å². The number of aryl methyl sites for hydroxylation is 2. The van der Waals surface area contributed by atoms with Gasteiger partial charge in [0.1, 0.15) is 5.03 Å². The SMILES string of the molecule is Cc1ccc(Sc2nc3ccccc3cc2C=C2N=C(c3ccc(C)cc3)OC2=O)cc1. The van der Waals surface area contributed by atoms with E-state index >= 15 is 0 Å². The van der Waals surface area contributed by atoms with E-state index in [1.807, 2.05) is 61.5 Å². The number of fused-ring (bicyclic) bond motifs is 1. The van der Waals surface area contributed by atoms with Gasteiger partial charge in [0.2, 0.25) is 5.90 Å². The molecule has 1 aliphatic rings. The Bertz CT molecular complexity index is 1390. The van der Waals surface area contributed by atoms with Crippen LogP contribution in [0.3, 0.4) is 0 Å². The number of para-hydroxylation sites is 1. The molecule has 156 valence electrons. The molecule has 0 aliphatic carbocycles. The van der Waals surface area contributed by atoms with Gasteiger partial charge in [0, 0.05) is 21.4 Å². The van der Waals surface area contributed by atoms with E-state index < -0.39 is 5.97 Å². The van der Waals surface area contributed by atoms with Crippen LogP contribution in [-0.2, 0) is 9.53 Å². The molecule has 0 unspecified atom stereocenters. The Hall–Kier alpha value is -3.70. The molecule has 0 N–H and O–H groups in total. The van der Waals surface area contributed by atoms with Crippen molar-refractivity contribution in [1.29, 1.82) is 0 Å². The van der Waals surface area contributed by atoms with Crippen LogP contribution in [0, 0.1) is 13.8 Å². The fourth-order valence-corrected chi connectivity index (χ4v) is 4.27. The van der Waals surface area contributed by atoms with Gasteiger partial charge in [-0.25, -0.2) is 14.8 Å². The van der Waals surface area contributed by atoms with Gasteiger partial charge in [-0.2, -0.15) is 0 Å². The van der Waals surface area contributed by atoms with Crippen molar-refractivity contribution in [3.05, 3.63) is 107 Å². The molecule has 3 aromatic carbocycles. The van der Waals surface area contributed by atoms with E-state index in [0.717, 1.165) is 37.5 Å². The summed E-state index contributed by atoms with van der Waals surface area (Å²) < 4.78 is 5.45. The summed E-state index contributed by atoms with van der Waals surface area (Å²) in [6.45, 7) is 4.07. The molecule has 5 rings (SSSR count). The van der Waals surface area contributed by atoms with Gasteiger partial charge >= 0.3 is 5.97 Å². The predicted molar refractivity (Wildman–Crippen MR) is 129 cm³/mol. The van der Waals surface area contributed by atoms with Crippen LogP contribution in [0.1, 0.15) is 22.3 Å². The highest BCUT2D eigenvalue weighted by Crippen LogP contribution is 2.33. The molecule has 0 amide bonds. The number of rotatable bonds is 4. The summed E-state index contributed by atoms with van der Waals surface area (Å²) in [6.07, 6.45) is 1.76. The molecule has 0 bridgehead atoms. The minimum absolute atomic E-state index is 0.267. The van der Waals surface area contributed by atoms with E-state index in [2.05, 4.69) is 36.2 Å². The quantitative estimate of drug-likeness (QED) is 0.276. The van der Waals surface area contributed by atoms with Gasteiger partial charge in [-0.1, -0.05) is 65.4 Å². The van der Waals surface area contributed by atoms with Crippen LogP contribution in [0.2, 0.25) is 0 Å². The van der Waals surface area contributed by atoms with Crippen molar-refractivity contribution in [3.8, 4) is 0 Å². The molecule has 0 saturated heterocycles. The highest BCUT2D eigenvalue weighted by atomic mass is 32.2. The van der Waals surface area contributed by atoms with Crippen LogP contribution in [0.5, 0.6) is 0 Å². The Morgan fingerprint density at radius 1 is 0.875 bits per heavy atom. The zero-order valence-corrected chi connectivity index (χ0v) is 18.5. The maximum absolute atomic E-state index is 12.6. The summed E-state index contributed by atoms with van der Waals surface area (Å²) in [5, 5.41) is 1.81. The number of aliphatic imine (C=N–C) groups is 1. The second-order valence-corrected chi connectivity index (χ2v) is 8.75. The van der Waals surface area contributed by atoms with Gasteiger partial charge in [-0.05, 0) is 56.3 Å². The first-order valence-electron chi connectivity index (χ1n) is 10.3. The van der Waals surface area contributed by atoms with Crippen LogP contribution < -0.4 is 0 Å². The summed E-state index contributed by atoms with van der Waals surface area (Å²) in [5.41, 5.74) is 5.11. The molecule has 2 heterocycles. The first-order valence-corrected chi connectivity index (χ1v) is 11.1. The van der Waals surface area contributed by atoms with E-state index in [1.165, 1.54) is 5.56 Å². The topological polar surface area (TPSA) is 51.6 Å². The minimum atomic E-state index is -0.458. The maximum atomic E-state index is 12.6. The molecule has 4 nitrogen and oxygen atoms in total. The average Bonchev–Trinajstić information content (AvgIpc) is 3.16. The Morgan fingerprint density at radius 3 is 2.31 bits per heavy atom. The molecule has 0 atom stereocenters. The van der Waals surface area contributed by atoms with Gasteiger partial charge in [-0.15, -0.1) is 0 Å². The zero-order chi connectivity index (χ0) is 22.1. The van der Waals surface area contributed by atoms with Gasteiger partial charge < -0.3 is 4.74 Å². The molecule has 0 saturated carbocycles. The summed E-state index contributed by atoms with van der Waals surface area (Å²) in [7, 11) is 0. The van der Waals surface area contributed by atoms with Gasteiger partial charge in [-0.3, -0.25) is 0 Å². The average molecular weight is 437 g/mol. The molecule has 1 aromatic heterocycles. The number of benzene rings is 3. The molecule has 32 heavy (non-hydrogen) atoms. The van der Waals surface area contributed by atoms with Crippen LogP contribution in [0.4, 0.5) is 0 Å². The molecule has 4 aromatic rings. The summed E-state index contributed by atoms with van der Waals surface area (Å²) >= 11 is 1.56. The van der Waals surface area contributed by atoms with Crippen molar-refractivity contribution < 1.29 is 9.53 Å². The lowest BCUT2D eigenvalue weighted by atomic mass is 10.1. The van der Waals surface area contributed by atoms with Crippen molar-refractivity contribution in [2.75, 3.05) is 0 Å². The number of esters is 1. The first-order chi connectivity index (χ1) is 15.5. The van der Waals surface area contributed by atoms with Crippen LogP contribution in [-0.4, -0.2) is 16.9 Å². The van der Waals surface area contributed by atoms with E-state index in [9.17, 15) is 4.79 Å². The highest BCUT2D eigenvalue weighted by molar-refractivity contribution is 7.99. The number of hydrogen-bond acceptors (Lipinski definition) is 5. The minimum Gasteiger partial charge on any atom is -0.402 e. The van der Waals surface area contributed by atoms with Gasteiger partial charge in [0.25, 0.3) is 0 Å². The summed E-state index contributed by atoms with van der Waals surface area (Å²) in [6, 6.07) is 26.0. The predicted octanol–water partition coefficient (Wildman–Crippen LogP) is 6.35. The lowest BCUT2D eigenvalue weighted by molar-refractivity contribution is -0.129. The molecule has 1 aliphatic heterocycles. The fourth-order valence-electron chi connectivity index (χ4n) is 3.39. The Balaban J connectivity index is 1.57. The molecular formula is C27H20N2O2S. The molecule has 0 spiro atoms. The Morgan fingerprint density at radius 2 is 1.56 bits per heavy atom. The number of carbonyl (C=O) groups is 1. The number of ether oxygens (including phenoxy) is 1. The normalized spacial score (nSPS) is 14.6. The number of aromatic nitrogens is 1. The van der Waals surface area contributed by atoms with Gasteiger partial charge in [0.15, 0.2) is 5.70 Å². The number of hydrogen-bond donors (Lipinski definition) is 0. The standard InChI is InChI=1S/C27H20N2O2S/c1-17-7-11-19(12-8-17)25-28-24(27(30)31-25)16-21-15-20-5-3-4-6-23(20)29-26(21)32-22-13-9-18(2)10-14-22/h3-16H,1-2H3. The first kappa shape index (κ1) is 20.2. The van der Waals surface area contributed by atoms with E-state index in [0.29, 0.717) is 5.90 Å². The lowest BCUT2D eigenvalue weighted by Crippen LogP contribution is -2.05. The summed E-state index contributed by atoms with van der Waals surface area (Å²) in [4.78, 5) is 23.0. The number of carbonyl (C=O) groups excluding carboxylic acids is 1. The third kappa shape index (κ3) is 4.20. The monoisotopic (exact) mass is 436 g/mol. The van der Waals surface area contributed by atoms with Crippen LogP contribution in [0.15, 0.2) is 99.5 Å². The molecule has 0 radical (unpaired) electrons.